The number of halogens is 1. The van der Waals surface area contributed by atoms with Gasteiger partial charge < -0.3 is 5.32 Å². The molecule has 0 aromatic heterocycles. The molecule has 1 amide bonds. The summed E-state index contributed by atoms with van der Waals surface area (Å²) in [7, 11) is 0. The minimum atomic E-state index is 0.146. The van der Waals surface area contributed by atoms with Gasteiger partial charge in [0.05, 0.1) is 0 Å². The van der Waals surface area contributed by atoms with Crippen molar-refractivity contribution in [1.29, 1.82) is 0 Å². The Morgan fingerprint density at radius 2 is 2.27 bits per heavy atom. The number of carbonyl (C=O) groups is 1. The summed E-state index contributed by atoms with van der Waals surface area (Å²) in [6.45, 7) is 0. The van der Waals surface area contributed by atoms with E-state index in [0.29, 0.717) is 5.88 Å². The molecule has 0 unspecified atom stereocenters. The van der Waals surface area contributed by atoms with Gasteiger partial charge in [0.25, 0.3) is 0 Å². The van der Waals surface area contributed by atoms with Gasteiger partial charge in [-0.05, 0) is 30.5 Å². The molecule has 1 N–H and O–H groups in total. The van der Waals surface area contributed by atoms with Crippen LogP contribution in [0.25, 0.3) is 0 Å². The zero-order valence-corrected chi connectivity index (χ0v) is 9.26. The second-order valence-electron chi connectivity index (χ2n) is 3.95. The first-order valence-electron chi connectivity index (χ1n) is 5.25. The van der Waals surface area contributed by atoms with Crippen molar-refractivity contribution in [3.8, 4) is 0 Å². The molecule has 15 heavy (non-hydrogen) atoms. The molecule has 0 atom stereocenters. The van der Waals surface area contributed by atoms with Crippen LogP contribution in [-0.4, -0.2) is 5.91 Å². The number of hydrogen-bond donors (Lipinski definition) is 1. The molecule has 80 valence electrons. The van der Waals surface area contributed by atoms with E-state index in [0.717, 1.165) is 24.1 Å². The SMILES string of the molecule is O=C(Nc1cccc(CCl)c1)C1CCC1. The highest BCUT2D eigenvalue weighted by atomic mass is 35.5. The van der Waals surface area contributed by atoms with Crippen molar-refractivity contribution in [3.05, 3.63) is 29.8 Å². The van der Waals surface area contributed by atoms with E-state index in [1.54, 1.807) is 0 Å². The fourth-order valence-electron chi connectivity index (χ4n) is 1.65. The van der Waals surface area contributed by atoms with Crippen molar-refractivity contribution in [2.24, 2.45) is 5.92 Å². The Morgan fingerprint density at radius 3 is 2.87 bits per heavy atom. The van der Waals surface area contributed by atoms with E-state index in [1.165, 1.54) is 6.42 Å². The second-order valence-corrected chi connectivity index (χ2v) is 4.22. The normalized spacial score (nSPS) is 15.8. The lowest BCUT2D eigenvalue weighted by atomic mass is 9.85. The Bertz CT molecular complexity index is 360. The highest BCUT2D eigenvalue weighted by molar-refractivity contribution is 6.17. The van der Waals surface area contributed by atoms with Gasteiger partial charge in [-0.15, -0.1) is 11.6 Å². The summed E-state index contributed by atoms with van der Waals surface area (Å²) in [5, 5.41) is 2.92. The topological polar surface area (TPSA) is 29.1 Å². The maximum atomic E-state index is 11.7. The summed E-state index contributed by atoms with van der Waals surface area (Å²) < 4.78 is 0. The van der Waals surface area contributed by atoms with Crippen LogP contribution in [0, 0.1) is 5.92 Å². The molecule has 2 nitrogen and oxygen atoms in total. The monoisotopic (exact) mass is 223 g/mol. The first-order chi connectivity index (χ1) is 7.29. The summed E-state index contributed by atoms with van der Waals surface area (Å²) in [6, 6.07) is 7.68. The van der Waals surface area contributed by atoms with E-state index in [4.69, 9.17) is 11.6 Å². The van der Waals surface area contributed by atoms with E-state index in [1.807, 2.05) is 24.3 Å². The fraction of sp³-hybridized carbons (Fsp3) is 0.417. The summed E-state index contributed by atoms with van der Waals surface area (Å²) in [5.41, 5.74) is 1.88. The average molecular weight is 224 g/mol. The van der Waals surface area contributed by atoms with Crippen LogP contribution >= 0.6 is 11.6 Å². The van der Waals surface area contributed by atoms with E-state index in [-0.39, 0.29) is 11.8 Å². The number of hydrogen-bond acceptors (Lipinski definition) is 1. The molecule has 1 aromatic carbocycles. The molecule has 0 heterocycles. The third kappa shape index (κ3) is 2.51. The van der Waals surface area contributed by atoms with Crippen LogP contribution in [0.3, 0.4) is 0 Å². The molecule has 1 aliphatic carbocycles. The predicted molar refractivity (Wildman–Crippen MR) is 62.0 cm³/mol. The average Bonchev–Trinajstić information content (AvgIpc) is 2.15. The standard InChI is InChI=1S/C12H14ClNO/c13-8-9-3-1-6-11(7-9)14-12(15)10-4-2-5-10/h1,3,6-7,10H,2,4-5,8H2,(H,14,15). The largest absolute Gasteiger partial charge is 0.326 e. The summed E-state index contributed by atoms with van der Waals surface area (Å²) in [6.07, 6.45) is 3.24. The number of anilines is 1. The van der Waals surface area contributed by atoms with Crippen LogP contribution in [0.15, 0.2) is 24.3 Å². The summed E-state index contributed by atoms with van der Waals surface area (Å²) in [5.74, 6) is 0.852. The molecule has 1 aromatic rings. The zero-order valence-electron chi connectivity index (χ0n) is 8.50. The van der Waals surface area contributed by atoms with Crippen LogP contribution in [0.5, 0.6) is 0 Å². The fourth-order valence-corrected chi connectivity index (χ4v) is 1.81. The number of amides is 1. The summed E-state index contributed by atoms with van der Waals surface area (Å²) >= 11 is 5.72. The van der Waals surface area contributed by atoms with Crippen molar-refractivity contribution >= 4 is 23.2 Å². The Kier molecular flexibility index (Phi) is 3.27. The van der Waals surface area contributed by atoms with Gasteiger partial charge in [0, 0.05) is 17.5 Å². The second kappa shape index (κ2) is 4.67. The number of nitrogens with one attached hydrogen (secondary N) is 1. The first kappa shape index (κ1) is 10.5. The number of alkyl halides is 1. The third-order valence-electron chi connectivity index (χ3n) is 2.82. The molecule has 1 fully saturated rings. The number of benzene rings is 1. The first-order valence-corrected chi connectivity index (χ1v) is 5.79. The Balaban J connectivity index is 1.99. The highest BCUT2D eigenvalue weighted by Crippen LogP contribution is 2.27. The van der Waals surface area contributed by atoms with Gasteiger partial charge in [-0.3, -0.25) is 4.79 Å². The maximum absolute atomic E-state index is 11.7. The van der Waals surface area contributed by atoms with E-state index >= 15 is 0 Å². The third-order valence-corrected chi connectivity index (χ3v) is 3.13. The van der Waals surface area contributed by atoms with Crippen LogP contribution in [0.2, 0.25) is 0 Å². The molecule has 0 aliphatic heterocycles. The van der Waals surface area contributed by atoms with Crippen LogP contribution in [-0.2, 0) is 10.7 Å². The van der Waals surface area contributed by atoms with Crippen LogP contribution in [0.1, 0.15) is 24.8 Å². The van der Waals surface area contributed by atoms with Gasteiger partial charge in [-0.25, -0.2) is 0 Å². The van der Waals surface area contributed by atoms with Gasteiger partial charge in [0.1, 0.15) is 0 Å². The molecule has 1 aliphatic rings. The maximum Gasteiger partial charge on any atom is 0.227 e. The van der Waals surface area contributed by atoms with Gasteiger partial charge in [0.15, 0.2) is 0 Å². The van der Waals surface area contributed by atoms with Crippen molar-refractivity contribution in [2.45, 2.75) is 25.1 Å². The molecule has 0 saturated heterocycles. The molecule has 0 bridgehead atoms. The smallest absolute Gasteiger partial charge is 0.227 e. The van der Waals surface area contributed by atoms with Gasteiger partial charge in [0.2, 0.25) is 5.91 Å². The predicted octanol–water partition coefficient (Wildman–Crippen LogP) is 3.16. The molecule has 3 heteroatoms. The highest BCUT2D eigenvalue weighted by Gasteiger charge is 2.24. The summed E-state index contributed by atoms with van der Waals surface area (Å²) in [4.78, 5) is 11.7. The Labute approximate surface area is 94.6 Å². The van der Waals surface area contributed by atoms with Crippen molar-refractivity contribution in [3.63, 3.8) is 0 Å². The zero-order chi connectivity index (χ0) is 10.7. The van der Waals surface area contributed by atoms with E-state index < -0.39 is 0 Å². The quantitative estimate of drug-likeness (QED) is 0.784. The van der Waals surface area contributed by atoms with Crippen LogP contribution < -0.4 is 5.32 Å². The lowest BCUT2D eigenvalue weighted by Crippen LogP contribution is -2.28. The van der Waals surface area contributed by atoms with Gasteiger partial charge in [-0.1, -0.05) is 18.6 Å². The number of rotatable bonds is 3. The van der Waals surface area contributed by atoms with Crippen molar-refractivity contribution in [1.82, 2.24) is 0 Å². The molecular formula is C12H14ClNO. The molecule has 0 radical (unpaired) electrons. The Morgan fingerprint density at radius 1 is 1.47 bits per heavy atom. The molecular weight excluding hydrogens is 210 g/mol. The lowest BCUT2D eigenvalue weighted by molar-refractivity contribution is -0.122. The van der Waals surface area contributed by atoms with Crippen LogP contribution in [0.4, 0.5) is 5.69 Å². The van der Waals surface area contributed by atoms with Crippen molar-refractivity contribution in [2.75, 3.05) is 5.32 Å². The minimum absolute atomic E-state index is 0.146. The Hall–Kier alpha value is -1.02. The number of carbonyl (C=O) groups excluding carboxylic acids is 1. The molecule has 1 saturated carbocycles. The minimum Gasteiger partial charge on any atom is -0.326 e. The van der Waals surface area contributed by atoms with Crippen molar-refractivity contribution < 1.29 is 4.79 Å². The van der Waals surface area contributed by atoms with Gasteiger partial charge >= 0.3 is 0 Å². The van der Waals surface area contributed by atoms with E-state index in [9.17, 15) is 4.79 Å². The lowest BCUT2D eigenvalue weighted by Gasteiger charge is -2.24. The van der Waals surface area contributed by atoms with E-state index in [2.05, 4.69) is 5.32 Å². The van der Waals surface area contributed by atoms with Gasteiger partial charge in [-0.2, -0.15) is 0 Å². The molecule has 2 rings (SSSR count). The molecule has 0 spiro atoms.